The molecule has 0 aliphatic carbocycles. The van der Waals surface area contributed by atoms with Crippen molar-refractivity contribution in [2.45, 2.75) is 13.8 Å². The summed E-state index contributed by atoms with van der Waals surface area (Å²) >= 11 is -2.09. The van der Waals surface area contributed by atoms with Crippen LogP contribution in [0.25, 0.3) is 0 Å². The van der Waals surface area contributed by atoms with Crippen molar-refractivity contribution in [1.82, 2.24) is 0 Å². The lowest BCUT2D eigenvalue weighted by atomic mass is 10.1. The minimum atomic E-state index is -2.09. The number of aryl methyl sites for hydroxylation is 2. The summed E-state index contributed by atoms with van der Waals surface area (Å²) in [5.41, 5.74) is 3.41. The molecular weight excluding hydrogens is 246 g/mol. The predicted octanol–water partition coefficient (Wildman–Crippen LogP) is 3.58. The van der Waals surface area contributed by atoms with Gasteiger partial charge in [-0.2, -0.15) is 0 Å². The molecule has 0 heterocycles. The number of anilines is 2. The summed E-state index contributed by atoms with van der Waals surface area (Å²) < 4.78 is 22.6. The van der Waals surface area contributed by atoms with Crippen LogP contribution in [0.3, 0.4) is 0 Å². The van der Waals surface area contributed by atoms with Crippen molar-refractivity contribution in [3.8, 4) is 0 Å². The minimum absolute atomic E-state index is 0.743. The Hall–Kier alpha value is -1.65. The highest BCUT2D eigenvalue weighted by molar-refractivity contribution is 7.81. The molecule has 0 spiro atoms. The number of rotatable bonds is 3. The van der Waals surface area contributed by atoms with Crippen LogP contribution >= 0.6 is 0 Å². The first kappa shape index (κ1) is 12.8. The molecule has 3 nitrogen and oxygen atoms in total. The van der Waals surface area contributed by atoms with Crippen molar-refractivity contribution in [2.24, 2.45) is 0 Å². The molecule has 0 aromatic heterocycles. The summed E-state index contributed by atoms with van der Waals surface area (Å²) in [6.07, 6.45) is 0. The summed E-state index contributed by atoms with van der Waals surface area (Å²) in [7, 11) is 0. The van der Waals surface area contributed by atoms with Crippen LogP contribution < -0.4 is 4.31 Å². The Balaban J connectivity index is 2.58. The van der Waals surface area contributed by atoms with Crippen LogP contribution in [0.2, 0.25) is 0 Å². The highest BCUT2D eigenvalue weighted by Gasteiger charge is 2.18. The first-order valence-corrected chi connectivity index (χ1v) is 6.70. The second kappa shape index (κ2) is 5.33. The van der Waals surface area contributed by atoms with E-state index in [0.717, 1.165) is 22.5 Å². The third-order valence-corrected chi connectivity index (χ3v) is 3.53. The molecule has 0 saturated heterocycles. The molecule has 0 amide bonds. The fourth-order valence-corrected chi connectivity index (χ4v) is 2.63. The van der Waals surface area contributed by atoms with Gasteiger partial charge in [0.05, 0.1) is 11.4 Å². The molecule has 0 aliphatic heterocycles. The maximum absolute atomic E-state index is 11.6. The van der Waals surface area contributed by atoms with E-state index in [9.17, 15) is 8.76 Å². The van der Waals surface area contributed by atoms with E-state index in [1.54, 1.807) is 0 Å². The molecule has 2 rings (SSSR count). The number of nitrogens with zero attached hydrogens (tertiary/aromatic N) is 1. The van der Waals surface area contributed by atoms with Gasteiger partial charge in [0.1, 0.15) is 0 Å². The van der Waals surface area contributed by atoms with Crippen LogP contribution in [0.15, 0.2) is 48.5 Å². The van der Waals surface area contributed by atoms with Gasteiger partial charge in [0, 0.05) is 0 Å². The summed E-state index contributed by atoms with van der Waals surface area (Å²) in [5, 5.41) is 0. The van der Waals surface area contributed by atoms with Gasteiger partial charge in [-0.25, -0.2) is 8.51 Å². The number of hydrogen-bond acceptors (Lipinski definition) is 1. The molecule has 0 aliphatic rings. The summed E-state index contributed by atoms with van der Waals surface area (Å²) in [5.74, 6) is 0. The Morgan fingerprint density at radius 1 is 0.889 bits per heavy atom. The fraction of sp³-hybridized carbons (Fsp3) is 0.143. The van der Waals surface area contributed by atoms with Gasteiger partial charge >= 0.3 is 0 Å². The van der Waals surface area contributed by atoms with E-state index in [-0.39, 0.29) is 0 Å². The standard InChI is InChI=1S/C14H15NO2S/c1-11-7-3-5-9-13(11)15(18(16)17)14-10-6-4-8-12(14)2/h3-10H,1-2H3,(H,16,17). The smallest absolute Gasteiger partial charge is 0.266 e. The predicted molar refractivity (Wildman–Crippen MR) is 75.3 cm³/mol. The first-order valence-electron chi connectivity index (χ1n) is 5.63. The van der Waals surface area contributed by atoms with E-state index >= 15 is 0 Å². The first-order chi connectivity index (χ1) is 8.61. The van der Waals surface area contributed by atoms with E-state index < -0.39 is 11.3 Å². The Morgan fingerprint density at radius 3 is 1.61 bits per heavy atom. The molecule has 2 aromatic carbocycles. The van der Waals surface area contributed by atoms with Crippen LogP contribution in [0, 0.1) is 13.8 Å². The number of hydrogen-bond donors (Lipinski definition) is 1. The monoisotopic (exact) mass is 261 g/mol. The maximum atomic E-state index is 11.6. The second-order valence-electron chi connectivity index (χ2n) is 4.10. The summed E-state index contributed by atoms with van der Waals surface area (Å²) in [6.45, 7) is 3.85. The molecule has 1 atom stereocenters. The zero-order valence-electron chi connectivity index (χ0n) is 10.3. The lowest BCUT2D eigenvalue weighted by molar-refractivity contribution is 0.564. The van der Waals surface area contributed by atoms with E-state index in [1.165, 1.54) is 4.31 Å². The van der Waals surface area contributed by atoms with Gasteiger partial charge < -0.3 is 0 Å². The molecule has 2 aromatic rings. The quantitative estimate of drug-likeness (QED) is 0.858. The normalized spacial score (nSPS) is 12.2. The number of para-hydroxylation sites is 2. The van der Waals surface area contributed by atoms with Gasteiger partial charge in [-0.1, -0.05) is 36.4 Å². The average molecular weight is 261 g/mol. The molecule has 1 unspecified atom stereocenters. The van der Waals surface area contributed by atoms with Gasteiger partial charge in [-0.3, -0.25) is 4.55 Å². The lowest BCUT2D eigenvalue weighted by Crippen LogP contribution is -2.20. The van der Waals surface area contributed by atoms with Crippen LogP contribution in [0.1, 0.15) is 11.1 Å². The molecule has 0 saturated carbocycles. The Labute approximate surface area is 109 Å². The highest BCUT2D eigenvalue weighted by atomic mass is 32.2. The molecule has 0 bridgehead atoms. The van der Waals surface area contributed by atoms with Gasteiger partial charge in [0.15, 0.2) is 0 Å². The molecule has 1 N–H and O–H groups in total. The Bertz CT molecular complexity index is 538. The molecule has 18 heavy (non-hydrogen) atoms. The van der Waals surface area contributed by atoms with Gasteiger partial charge in [0.2, 0.25) is 0 Å². The molecule has 4 heteroatoms. The Morgan fingerprint density at radius 2 is 1.28 bits per heavy atom. The largest absolute Gasteiger partial charge is 0.289 e. The van der Waals surface area contributed by atoms with Gasteiger partial charge in [0.25, 0.3) is 11.3 Å². The summed E-state index contributed by atoms with van der Waals surface area (Å²) in [6, 6.07) is 15.1. The molecular formula is C14H15NO2S. The zero-order chi connectivity index (χ0) is 13.1. The molecule has 0 radical (unpaired) electrons. The van der Waals surface area contributed by atoms with Crippen molar-refractivity contribution in [3.05, 3.63) is 59.7 Å². The maximum Gasteiger partial charge on any atom is 0.266 e. The van der Waals surface area contributed by atoms with Crippen molar-refractivity contribution in [2.75, 3.05) is 4.31 Å². The Kier molecular flexibility index (Phi) is 3.79. The lowest BCUT2D eigenvalue weighted by Gasteiger charge is -2.23. The van der Waals surface area contributed by atoms with Crippen molar-refractivity contribution in [3.63, 3.8) is 0 Å². The van der Waals surface area contributed by atoms with Crippen molar-refractivity contribution in [1.29, 1.82) is 0 Å². The summed E-state index contributed by atoms with van der Waals surface area (Å²) in [4.78, 5) is 0. The highest BCUT2D eigenvalue weighted by Crippen LogP contribution is 2.31. The van der Waals surface area contributed by atoms with Crippen LogP contribution in [0.4, 0.5) is 11.4 Å². The van der Waals surface area contributed by atoms with E-state index in [0.29, 0.717) is 0 Å². The average Bonchev–Trinajstić information content (AvgIpc) is 2.34. The third-order valence-electron chi connectivity index (χ3n) is 2.82. The molecule has 94 valence electrons. The second-order valence-corrected chi connectivity index (χ2v) is 4.92. The third kappa shape index (κ3) is 2.44. The van der Waals surface area contributed by atoms with Crippen LogP contribution in [0.5, 0.6) is 0 Å². The van der Waals surface area contributed by atoms with Gasteiger partial charge in [-0.15, -0.1) is 0 Å². The SMILES string of the molecule is Cc1ccccc1N(c1ccccc1C)S(=O)O. The number of benzene rings is 2. The fourth-order valence-electron chi connectivity index (χ4n) is 1.88. The van der Waals surface area contributed by atoms with E-state index in [2.05, 4.69) is 0 Å². The van der Waals surface area contributed by atoms with E-state index in [4.69, 9.17) is 0 Å². The van der Waals surface area contributed by atoms with Gasteiger partial charge in [-0.05, 0) is 37.1 Å². The minimum Gasteiger partial charge on any atom is -0.289 e. The van der Waals surface area contributed by atoms with Crippen LogP contribution in [-0.2, 0) is 11.3 Å². The van der Waals surface area contributed by atoms with E-state index in [1.807, 2.05) is 62.4 Å². The van der Waals surface area contributed by atoms with Crippen LogP contribution in [-0.4, -0.2) is 8.76 Å². The van der Waals surface area contributed by atoms with Crippen molar-refractivity contribution >= 4 is 22.6 Å². The molecule has 0 fully saturated rings. The topological polar surface area (TPSA) is 40.5 Å². The zero-order valence-corrected chi connectivity index (χ0v) is 11.1. The van der Waals surface area contributed by atoms with Crippen molar-refractivity contribution < 1.29 is 8.76 Å².